The molecule has 27 heavy (non-hydrogen) atoms. The Labute approximate surface area is 156 Å². The summed E-state index contributed by atoms with van der Waals surface area (Å²) in [5, 5.41) is 4.94. The zero-order valence-corrected chi connectivity index (χ0v) is 14.9. The number of hydrogen-bond donors (Lipinski definition) is 2. The van der Waals surface area contributed by atoms with E-state index in [0.29, 0.717) is 13.0 Å². The van der Waals surface area contributed by atoms with Gasteiger partial charge >= 0.3 is 6.03 Å². The van der Waals surface area contributed by atoms with Gasteiger partial charge in [-0.05, 0) is 35.2 Å². The lowest BCUT2D eigenvalue weighted by atomic mass is 10.0. The summed E-state index contributed by atoms with van der Waals surface area (Å²) in [6, 6.07) is 12.9. The van der Waals surface area contributed by atoms with E-state index in [2.05, 4.69) is 10.6 Å². The summed E-state index contributed by atoms with van der Waals surface area (Å²) in [6.45, 7) is 0.431. The number of halogens is 1. The largest absolute Gasteiger partial charge is 0.356 e. The van der Waals surface area contributed by atoms with Crippen molar-refractivity contribution in [2.75, 3.05) is 13.6 Å². The lowest BCUT2D eigenvalue weighted by Crippen LogP contribution is -2.37. The molecule has 1 saturated heterocycles. The quantitative estimate of drug-likeness (QED) is 0.766. The molecule has 0 bridgehead atoms. The number of benzene rings is 2. The third kappa shape index (κ3) is 4.49. The molecule has 0 radical (unpaired) electrons. The van der Waals surface area contributed by atoms with E-state index < -0.39 is 18.0 Å². The zero-order valence-electron chi connectivity index (χ0n) is 14.9. The molecule has 1 atom stereocenters. The smallest absolute Gasteiger partial charge is 0.324 e. The Morgan fingerprint density at radius 2 is 1.67 bits per heavy atom. The van der Waals surface area contributed by atoms with E-state index >= 15 is 0 Å². The monoisotopic (exact) mass is 369 g/mol. The highest BCUT2D eigenvalue weighted by atomic mass is 19.1. The molecule has 140 valence electrons. The number of urea groups is 1. The number of carbonyl (C=O) groups is 3. The van der Waals surface area contributed by atoms with Crippen molar-refractivity contribution < 1.29 is 18.8 Å². The van der Waals surface area contributed by atoms with Crippen molar-refractivity contribution in [2.24, 2.45) is 0 Å². The van der Waals surface area contributed by atoms with Gasteiger partial charge in [-0.1, -0.05) is 36.4 Å². The van der Waals surface area contributed by atoms with E-state index in [0.717, 1.165) is 16.7 Å². The van der Waals surface area contributed by atoms with E-state index in [1.807, 2.05) is 24.3 Å². The fraction of sp³-hybridized carbons (Fsp3) is 0.250. The third-order valence-electron chi connectivity index (χ3n) is 4.57. The predicted molar refractivity (Wildman–Crippen MR) is 98.3 cm³/mol. The summed E-state index contributed by atoms with van der Waals surface area (Å²) >= 11 is 0. The molecule has 2 aromatic rings. The van der Waals surface area contributed by atoms with Crippen molar-refractivity contribution >= 4 is 17.8 Å². The van der Waals surface area contributed by atoms with Gasteiger partial charge in [-0.2, -0.15) is 0 Å². The number of nitrogens with one attached hydrogen (secondary N) is 2. The van der Waals surface area contributed by atoms with Crippen LogP contribution in [0.4, 0.5) is 9.18 Å². The average Bonchev–Trinajstić information content (AvgIpc) is 2.89. The minimum atomic E-state index is -0.757. The maximum absolute atomic E-state index is 13.0. The van der Waals surface area contributed by atoms with Gasteiger partial charge in [-0.3, -0.25) is 14.9 Å². The number of carbonyl (C=O) groups excluding carboxylic acids is 3. The second-order valence-corrected chi connectivity index (χ2v) is 6.43. The summed E-state index contributed by atoms with van der Waals surface area (Å²) in [6.07, 6.45) is 0.582. The first-order valence-electron chi connectivity index (χ1n) is 8.63. The molecule has 1 unspecified atom stereocenters. The lowest BCUT2D eigenvalue weighted by molar-refractivity contribution is -0.127. The van der Waals surface area contributed by atoms with E-state index in [-0.39, 0.29) is 18.1 Å². The van der Waals surface area contributed by atoms with Gasteiger partial charge in [-0.15, -0.1) is 0 Å². The van der Waals surface area contributed by atoms with Crippen LogP contribution in [0.15, 0.2) is 48.5 Å². The second kappa shape index (κ2) is 7.99. The van der Waals surface area contributed by atoms with E-state index in [4.69, 9.17) is 0 Å². The molecule has 2 N–H and O–H groups in total. The van der Waals surface area contributed by atoms with Crippen molar-refractivity contribution in [1.29, 1.82) is 0 Å². The molecule has 7 heteroatoms. The second-order valence-electron chi connectivity index (χ2n) is 6.43. The number of likely N-dealkylation sites (N-methyl/N-ethyl adjacent to an activating group) is 1. The molecule has 2 aromatic carbocycles. The molecule has 1 heterocycles. The maximum Gasteiger partial charge on any atom is 0.324 e. The Morgan fingerprint density at radius 3 is 2.22 bits per heavy atom. The Balaban J connectivity index is 1.47. The zero-order chi connectivity index (χ0) is 19.4. The highest BCUT2D eigenvalue weighted by Crippen LogP contribution is 2.20. The van der Waals surface area contributed by atoms with Crippen molar-refractivity contribution in [3.8, 4) is 11.1 Å². The summed E-state index contributed by atoms with van der Waals surface area (Å²) in [4.78, 5) is 36.2. The van der Waals surface area contributed by atoms with Crippen LogP contribution in [0.1, 0.15) is 12.0 Å². The van der Waals surface area contributed by atoms with Gasteiger partial charge < -0.3 is 10.2 Å². The standard InChI is InChI=1S/C20H20FN3O3/c1-24-17(19(26)23-20(24)27)12-18(25)22-11-10-13-2-4-14(5-3-13)15-6-8-16(21)9-7-15/h2-9,17H,10-12H2,1H3,(H,22,25)(H,23,26,27). The van der Waals surface area contributed by atoms with Crippen molar-refractivity contribution in [3.63, 3.8) is 0 Å². The number of amides is 4. The number of rotatable bonds is 6. The molecule has 1 aliphatic rings. The molecule has 1 fully saturated rings. The molecule has 1 aliphatic heterocycles. The number of nitrogens with zero attached hydrogens (tertiary/aromatic N) is 1. The van der Waals surface area contributed by atoms with Gasteiger partial charge in [0.15, 0.2) is 0 Å². The van der Waals surface area contributed by atoms with E-state index in [1.165, 1.54) is 24.1 Å². The lowest BCUT2D eigenvalue weighted by Gasteiger charge is -2.15. The first-order chi connectivity index (χ1) is 12.9. The van der Waals surface area contributed by atoms with Gasteiger partial charge in [0, 0.05) is 13.6 Å². The van der Waals surface area contributed by atoms with Crippen LogP contribution in [-0.2, 0) is 16.0 Å². The Morgan fingerprint density at radius 1 is 1.07 bits per heavy atom. The summed E-state index contributed by atoms with van der Waals surface area (Å²) in [7, 11) is 1.49. The molecule has 6 nitrogen and oxygen atoms in total. The van der Waals surface area contributed by atoms with Crippen molar-refractivity contribution in [3.05, 3.63) is 59.9 Å². The highest BCUT2D eigenvalue weighted by Gasteiger charge is 2.36. The molecule has 0 spiro atoms. The van der Waals surface area contributed by atoms with Gasteiger partial charge in [-0.25, -0.2) is 9.18 Å². The normalized spacial score (nSPS) is 16.4. The van der Waals surface area contributed by atoms with Gasteiger partial charge in [0.25, 0.3) is 5.91 Å². The van der Waals surface area contributed by atoms with Crippen LogP contribution in [-0.4, -0.2) is 42.4 Å². The number of imide groups is 1. The van der Waals surface area contributed by atoms with E-state index in [1.54, 1.807) is 12.1 Å². The highest BCUT2D eigenvalue weighted by molar-refractivity contribution is 6.05. The number of hydrogen-bond acceptors (Lipinski definition) is 3. The fourth-order valence-corrected chi connectivity index (χ4v) is 2.92. The Hall–Kier alpha value is -3.22. The average molecular weight is 369 g/mol. The first kappa shape index (κ1) is 18.6. The Kier molecular flexibility index (Phi) is 5.49. The first-order valence-corrected chi connectivity index (χ1v) is 8.63. The SMILES string of the molecule is CN1C(=O)NC(=O)C1CC(=O)NCCc1ccc(-c2ccc(F)cc2)cc1. The molecular weight excluding hydrogens is 349 g/mol. The minimum Gasteiger partial charge on any atom is -0.356 e. The van der Waals surface area contributed by atoms with Crippen molar-refractivity contribution in [2.45, 2.75) is 18.9 Å². The molecule has 4 amide bonds. The fourth-order valence-electron chi connectivity index (χ4n) is 2.92. The Bertz CT molecular complexity index is 850. The van der Waals surface area contributed by atoms with Gasteiger partial charge in [0.1, 0.15) is 11.9 Å². The van der Waals surface area contributed by atoms with Crippen LogP contribution in [0.25, 0.3) is 11.1 Å². The van der Waals surface area contributed by atoms with Gasteiger partial charge in [0.05, 0.1) is 6.42 Å². The third-order valence-corrected chi connectivity index (χ3v) is 4.57. The summed E-state index contributed by atoms with van der Waals surface area (Å²) < 4.78 is 13.0. The van der Waals surface area contributed by atoms with Crippen LogP contribution in [0.3, 0.4) is 0 Å². The topological polar surface area (TPSA) is 78.5 Å². The van der Waals surface area contributed by atoms with Crippen molar-refractivity contribution in [1.82, 2.24) is 15.5 Å². The van der Waals surface area contributed by atoms with Crippen LogP contribution >= 0.6 is 0 Å². The predicted octanol–water partition coefficient (Wildman–Crippen LogP) is 2.09. The van der Waals surface area contributed by atoms with Gasteiger partial charge in [0.2, 0.25) is 5.91 Å². The summed E-state index contributed by atoms with van der Waals surface area (Å²) in [5.74, 6) is -0.995. The van der Waals surface area contributed by atoms with Crippen LogP contribution in [0.5, 0.6) is 0 Å². The van der Waals surface area contributed by atoms with Crippen LogP contribution in [0, 0.1) is 5.82 Å². The molecular formula is C20H20FN3O3. The molecule has 0 saturated carbocycles. The minimum absolute atomic E-state index is 0.0580. The molecule has 0 aromatic heterocycles. The molecule has 0 aliphatic carbocycles. The summed E-state index contributed by atoms with van der Waals surface area (Å²) in [5.41, 5.74) is 2.97. The van der Waals surface area contributed by atoms with E-state index in [9.17, 15) is 18.8 Å². The molecule has 3 rings (SSSR count). The van der Waals surface area contributed by atoms with Crippen LogP contribution < -0.4 is 10.6 Å². The van der Waals surface area contributed by atoms with Crippen LogP contribution in [0.2, 0.25) is 0 Å². The maximum atomic E-state index is 13.0.